The van der Waals surface area contributed by atoms with Gasteiger partial charge in [0.15, 0.2) is 0 Å². The van der Waals surface area contributed by atoms with Crippen LogP contribution in [0.2, 0.25) is 0 Å². The Labute approximate surface area is 149 Å². The standard InChI is InChI=1S/C20H29NO4/c1-15(13-16-5-2-3-6-16)20(24)21-14-17-8-10-18(11-9-17)25-12-4-7-19(22)23/h8-11,15-16H,2-7,12-14H2,1H3,(H,21,24)(H,22,23). The predicted octanol–water partition coefficient (Wildman–Crippen LogP) is 3.76. The van der Waals surface area contributed by atoms with E-state index in [1.807, 2.05) is 31.2 Å². The molecule has 1 aliphatic carbocycles. The smallest absolute Gasteiger partial charge is 0.303 e. The molecule has 1 saturated carbocycles. The molecule has 1 amide bonds. The molecule has 1 aromatic rings. The summed E-state index contributed by atoms with van der Waals surface area (Å²) in [4.78, 5) is 22.7. The van der Waals surface area contributed by atoms with Gasteiger partial charge in [0.2, 0.25) is 5.91 Å². The molecule has 0 radical (unpaired) electrons. The first kappa shape index (κ1) is 19.3. The Morgan fingerprint density at radius 2 is 1.92 bits per heavy atom. The van der Waals surface area contributed by atoms with Gasteiger partial charge in [-0.25, -0.2) is 0 Å². The summed E-state index contributed by atoms with van der Waals surface area (Å²) in [6, 6.07) is 7.55. The summed E-state index contributed by atoms with van der Waals surface area (Å²) in [5.41, 5.74) is 1.03. The van der Waals surface area contributed by atoms with E-state index in [0.29, 0.717) is 19.6 Å². The number of carboxylic acids is 1. The molecule has 1 aliphatic rings. The first-order valence-electron chi connectivity index (χ1n) is 9.26. The van der Waals surface area contributed by atoms with Crippen LogP contribution in [-0.2, 0) is 16.1 Å². The van der Waals surface area contributed by atoms with Crippen LogP contribution in [-0.4, -0.2) is 23.6 Å². The van der Waals surface area contributed by atoms with Gasteiger partial charge in [0, 0.05) is 18.9 Å². The van der Waals surface area contributed by atoms with Crippen LogP contribution < -0.4 is 10.1 Å². The van der Waals surface area contributed by atoms with Crippen LogP contribution >= 0.6 is 0 Å². The van der Waals surface area contributed by atoms with Gasteiger partial charge in [0.25, 0.3) is 0 Å². The van der Waals surface area contributed by atoms with E-state index in [4.69, 9.17) is 9.84 Å². The molecule has 1 atom stereocenters. The molecule has 0 spiro atoms. The van der Waals surface area contributed by atoms with E-state index < -0.39 is 5.97 Å². The summed E-state index contributed by atoms with van der Waals surface area (Å²) in [6.45, 7) is 2.93. The average molecular weight is 347 g/mol. The van der Waals surface area contributed by atoms with Gasteiger partial charge >= 0.3 is 5.97 Å². The molecule has 138 valence electrons. The van der Waals surface area contributed by atoms with E-state index in [2.05, 4.69) is 5.32 Å². The molecule has 0 aliphatic heterocycles. The minimum absolute atomic E-state index is 0.0694. The zero-order valence-corrected chi connectivity index (χ0v) is 15.0. The van der Waals surface area contributed by atoms with Crippen molar-refractivity contribution in [1.82, 2.24) is 5.32 Å². The number of nitrogens with one attached hydrogen (secondary N) is 1. The fourth-order valence-electron chi connectivity index (χ4n) is 3.33. The highest BCUT2D eigenvalue weighted by molar-refractivity contribution is 5.78. The zero-order chi connectivity index (χ0) is 18.1. The Morgan fingerprint density at radius 3 is 2.56 bits per heavy atom. The molecule has 0 bridgehead atoms. The van der Waals surface area contributed by atoms with E-state index >= 15 is 0 Å². The fraction of sp³-hybridized carbons (Fsp3) is 0.600. The molecule has 1 unspecified atom stereocenters. The van der Waals surface area contributed by atoms with Gasteiger partial charge < -0.3 is 15.2 Å². The summed E-state index contributed by atoms with van der Waals surface area (Å²) >= 11 is 0. The van der Waals surface area contributed by atoms with Crippen molar-refractivity contribution in [2.75, 3.05) is 6.61 Å². The minimum atomic E-state index is -0.808. The van der Waals surface area contributed by atoms with Crippen molar-refractivity contribution < 1.29 is 19.4 Å². The first-order chi connectivity index (χ1) is 12.0. The van der Waals surface area contributed by atoms with Gasteiger partial charge in [-0.2, -0.15) is 0 Å². The number of hydrogen-bond donors (Lipinski definition) is 2. The van der Waals surface area contributed by atoms with Crippen LogP contribution in [0, 0.1) is 11.8 Å². The number of aliphatic carboxylic acids is 1. The number of benzene rings is 1. The molecule has 25 heavy (non-hydrogen) atoms. The lowest BCUT2D eigenvalue weighted by Gasteiger charge is -2.16. The van der Waals surface area contributed by atoms with Gasteiger partial charge in [-0.3, -0.25) is 9.59 Å². The molecule has 5 heteroatoms. The normalized spacial score (nSPS) is 15.7. The molecule has 2 rings (SSSR count). The van der Waals surface area contributed by atoms with Crippen LogP contribution in [0.4, 0.5) is 0 Å². The molecule has 1 fully saturated rings. The maximum Gasteiger partial charge on any atom is 0.303 e. The first-order valence-corrected chi connectivity index (χ1v) is 9.26. The maximum absolute atomic E-state index is 12.2. The second-order valence-corrected chi connectivity index (χ2v) is 6.99. The largest absolute Gasteiger partial charge is 0.494 e. The van der Waals surface area contributed by atoms with Crippen molar-refractivity contribution in [3.05, 3.63) is 29.8 Å². The van der Waals surface area contributed by atoms with Crippen molar-refractivity contribution >= 4 is 11.9 Å². The lowest BCUT2D eigenvalue weighted by Crippen LogP contribution is -2.29. The highest BCUT2D eigenvalue weighted by Gasteiger charge is 2.21. The van der Waals surface area contributed by atoms with Crippen LogP contribution in [0.3, 0.4) is 0 Å². The summed E-state index contributed by atoms with van der Waals surface area (Å²) < 4.78 is 5.50. The lowest BCUT2D eigenvalue weighted by atomic mass is 9.94. The Balaban J connectivity index is 1.67. The molecule has 5 nitrogen and oxygen atoms in total. The lowest BCUT2D eigenvalue weighted by molar-refractivity contribution is -0.137. The second kappa shape index (κ2) is 10.1. The van der Waals surface area contributed by atoms with E-state index in [9.17, 15) is 9.59 Å². The predicted molar refractivity (Wildman–Crippen MR) is 96.4 cm³/mol. The Kier molecular flexibility index (Phi) is 7.76. The number of hydrogen-bond acceptors (Lipinski definition) is 3. The van der Waals surface area contributed by atoms with Gasteiger partial charge in [-0.05, 0) is 36.5 Å². The van der Waals surface area contributed by atoms with Crippen molar-refractivity contribution in [2.24, 2.45) is 11.8 Å². The molecule has 0 aromatic heterocycles. The van der Waals surface area contributed by atoms with E-state index in [0.717, 1.165) is 23.7 Å². The van der Waals surface area contributed by atoms with Crippen molar-refractivity contribution in [2.45, 2.75) is 58.4 Å². The van der Waals surface area contributed by atoms with E-state index in [-0.39, 0.29) is 18.2 Å². The van der Waals surface area contributed by atoms with Crippen molar-refractivity contribution in [3.8, 4) is 5.75 Å². The summed E-state index contributed by atoms with van der Waals surface area (Å²) in [5.74, 6) is 0.825. The summed E-state index contributed by atoms with van der Waals surface area (Å²) in [6.07, 6.45) is 6.76. The van der Waals surface area contributed by atoms with Crippen LogP contribution in [0.1, 0.15) is 57.4 Å². The third-order valence-electron chi connectivity index (χ3n) is 4.80. The number of rotatable bonds is 10. The topological polar surface area (TPSA) is 75.6 Å². The monoisotopic (exact) mass is 347 g/mol. The number of amides is 1. The quantitative estimate of drug-likeness (QED) is 0.632. The van der Waals surface area contributed by atoms with Gasteiger partial charge in [0.1, 0.15) is 5.75 Å². The average Bonchev–Trinajstić information content (AvgIpc) is 3.10. The third kappa shape index (κ3) is 7.16. The Bertz CT molecular complexity index is 549. The van der Waals surface area contributed by atoms with Crippen LogP contribution in [0.15, 0.2) is 24.3 Å². The molecule has 2 N–H and O–H groups in total. The summed E-state index contributed by atoms with van der Waals surface area (Å²) in [5, 5.41) is 11.6. The number of carbonyl (C=O) groups is 2. The third-order valence-corrected chi connectivity index (χ3v) is 4.80. The highest BCUT2D eigenvalue weighted by atomic mass is 16.5. The van der Waals surface area contributed by atoms with Crippen LogP contribution in [0.5, 0.6) is 5.75 Å². The number of carbonyl (C=O) groups excluding carboxylic acids is 1. The Morgan fingerprint density at radius 1 is 1.24 bits per heavy atom. The van der Waals surface area contributed by atoms with E-state index in [1.165, 1.54) is 25.7 Å². The van der Waals surface area contributed by atoms with Crippen LogP contribution in [0.25, 0.3) is 0 Å². The maximum atomic E-state index is 12.2. The van der Waals surface area contributed by atoms with Gasteiger partial charge in [-0.1, -0.05) is 44.7 Å². The molecule has 0 heterocycles. The molecule has 1 aromatic carbocycles. The minimum Gasteiger partial charge on any atom is -0.494 e. The number of ether oxygens (including phenoxy) is 1. The SMILES string of the molecule is CC(CC1CCCC1)C(=O)NCc1ccc(OCCCC(=O)O)cc1. The van der Waals surface area contributed by atoms with Crippen molar-refractivity contribution in [1.29, 1.82) is 0 Å². The molecular formula is C20H29NO4. The van der Waals surface area contributed by atoms with Crippen molar-refractivity contribution in [3.63, 3.8) is 0 Å². The van der Waals surface area contributed by atoms with E-state index in [1.54, 1.807) is 0 Å². The fourth-order valence-corrected chi connectivity index (χ4v) is 3.33. The van der Waals surface area contributed by atoms with Gasteiger partial charge in [0.05, 0.1) is 6.61 Å². The second-order valence-electron chi connectivity index (χ2n) is 6.99. The molecule has 0 saturated heterocycles. The Hall–Kier alpha value is -2.04. The van der Waals surface area contributed by atoms with Gasteiger partial charge in [-0.15, -0.1) is 0 Å². The molecular weight excluding hydrogens is 318 g/mol. The summed E-state index contributed by atoms with van der Waals surface area (Å²) in [7, 11) is 0. The highest BCUT2D eigenvalue weighted by Crippen LogP contribution is 2.30. The number of carboxylic acid groups (broad SMARTS) is 1. The zero-order valence-electron chi connectivity index (χ0n) is 15.0.